The molecule has 3 saturated heterocycles. The Hall–Kier alpha value is -0.850. The molecule has 0 radical (unpaired) electrons. The fraction of sp³-hybridized carbons (Fsp3) is 0.941. The monoisotopic (exact) mass is 324 g/mol. The van der Waals surface area contributed by atoms with Gasteiger partial charge in [0.2, 0.25) is 0 Å². The summed E-state index contributed by atoms with van der Waals surface area (Å²) in [5.41, 5.74) is 0. The number of piperidine rings is 1. The summed E-state index contributed by atoms with van der Waals surface area (Å²) < 4.78 is 5.40. The maximum atomic E-state index is 12.4. The van der Waals surface area contributed by atoms with Crippen LogP contribution in [-0.2, 0) is 4.74 Å². The van der Waals surface area contributed by atoms with Gasteiger partial charge < -0.3 is 19.9 Å². The number of hydrogen-bond donors (Lipinski definition) is 1. The van der Waals surface area contributed by atoms with Crippen LogP contribution in [-0.4, -0.2) is 91.8 Å². The number of carbonyl (C=O) groups is 1. The van der Waals surface area contributed by atoms with Gasteiger partial charge in [-0.15, -0.1) is 0 Å². The van der Waals surface area contributed by atoms with Crippen molar-refractivity contribution in [1.82, 2.24) is 20.0 Å². The predicted octanol–water partition coefficient (Wildman–Crippen LogP) is 0.977. The molecule has 3 aliphatic heterocycles. The van der Waals surface area contributed by atoms with Crippen molar-refractivity contribution in [3.8, 4) is 0 Å². The first-order chi connectivity index (χ1) is 11.2. The third-order valence-corrected chi connectivity index (χ3v) is 5.30. The topological polar surface area (TPSA) is 48.1 Å². The molecule has 23 heavy (non-hydrogen) atoms. The number of morpholine rings is 1. The van der Waals surface area contributed by atoms with Crippen molar-refractivity contribution in [2.24, 2.45) is 0 Å². The zero-order valence-electron chi connectivity index (χ0n) is 14.5. The number of ether oxygens (including phenoxy) is 1. The van der Waals surface area contributed by atoms with Crippen molar-refractivity contribution in [2.45, 2.75) is 44.7 Å². The van der Waals surface area contributed by atoms with Crippen LogP contribution in [0.25, 0.3) is 0 Å². The van der Waals surface area contributed by atoms with Gasteiger partial charge in [-0.25, -0.2) is 4.79 Å². The third kappa shape index (κ3) is 4.81. The van der Waals surface area contributed by atoms with Crippen LogP contribution in [0.3, 0.4) is 0 Å². The van der Waals surface area contributed by atoms with Gasteiger partial charge in [0.05, 0.1) is 13.2 Å². The van der Waals surface area contributed by atoms with Crippen LogP contribution in [0, 0.1) is 0 Å². The van der Waals surface area contributed by atoms with Gasteiger partial charge in [-0.1, -0.05) is 0 Å². The van der Waals surface area contributed by atoms with Crippen molar-refractivity contribution in [1.29, 1.82) is 0 Å². The fourth-order valence-electron chi connectivity index (χ4n) is 3.97. The van der Waals surface area contributed by atoms with E-state index in [1.807, 2.05) is 4.90 Å². The van der Waals surface area contributed by atoms with E-state index in [9.17, 15) is 4.79 Å². The van der Waals surface area contributed by atoms with E-state index in [0.29, 0.717) is 12.1 Å². The Kier molecular flexibility index (Phi) is 6.14. The van der Waals surface area contributed by atoms with Crippen LogP contribution in [0.5, 0.6) is 0 Å². The van der Waals surface area contributed by atoms with Gasteiger partial charge in [-0.2, -0.15) is 0 Å². The van der Waals surface area contributed by atoms with Crippen molar-refractivity contribution in [2.75, 3.05) is 59.0 Å². The summed E-state index contributed by atoms with van der Waals surface area (Å²) in [7, 11) is 0. The SMILES string of the molecule is C[C@H](CN1CCOCC1)NC1CCN(C(=O)N2CCCC2)CC1. The van der Waals surface area contributed by atoms with Gasteiger partial charge in [0.1, 0.15) is 0 Å². The number of hydrogen-bond acceptors (Lipinski definition) is 4. The molecule has 132 valence electrons. The van der Waals surface area contributed by atoms with E-state index in [1.54, 1.807) is 0 Å². The average molecular weight is 324 g/mol. The van der Waals surface area contributed by atoms with E-state index in [0.717, 1.165) is 71.9 Å². The first-order valence-corrected chi connectivity index (χ1v) is 9.32. The summed E-state index contributed by atoms with van der Waals surface area (Å²) >= 11 is 0. The Labute approximate surface area is 140 Å². The van der Waals surface area contributed by atoms with Gasteiger partial charge >= 0.3 is 6.03 Å². The minimum atomic E-state index is 0.266. The fourth-order valence-corrected chi connectivity index (χ4v) is 3.97. The van der Waals surface area contributed by atoms with E-state index in [-0.39, 0.29) is 6.03 Å². The molecule has 3 rings (SSSR count). The van der Waals surface area contributed by atoms with Crippen LogP contribution in [0.2, 0.25) is 0 Å². The average Bonchev–Trinajstić information content (AvgIpc) is 3.10. The molecule has 0 spiro atoms. The standard InChI is InChI=1S/C17H32N4O2/c1-15(14-19-10-12-23-13-11-19)18-16-4-8-21(9-5-16)17(22)20-6-2-3-7-20/h15-16,18H,2-14H2,1H3/t15-/m1/s1. The molecule has 1 N–H and O–H groups in total. The molecule has 6 heteroatoms. The van der Waals surface area contributed by atoms with Crippen molar-refractivity contribution < 1.29 is 9.53 Å². The lowest BCUT2D eigenvalue weighted by Crippen LogP contribution is -2.52. The van der Waals surface area contributed by atoms with E-state index < -0.39 is 0 Å². The lowest BCUT2D eigenvalue weighted by Gasteiger charge is -2.37. The molecule has 0 saturated carbocycles. The maximum Gasteiger partial charge on any atom is 0.319 e. The predicted molar refractivity (Wildman–Crippen MR) is 90.7 cm³/mol. The van der Waals surface area contributed by atoms with Gasteiger partial charge in [0.15, 0.2) is 0 Å². The van der Waals surface area contributed by atoms with Crippen molar-refractivity contribution in [3.05, 3.63) is 0 Å². The van der Waals surface area contributed by atoms with Gasteiger partial charge in [-0.3, -0.25) is 4.90 Å². The number of rotatable bonds is 4. The molecule has 3 aliphatic rings. The molecule has 6 nitrogen and oxygen atoms in total. The van der Waals surface area contributed by atoms with E-state index in [4.69, 9.17) is 4.74 Å². The quantitative estimate of drug-likeness (QED) is 0.837. The molecule has 0 bridgehead atoms. The minimum absolute atomic E-state index is 0.266. The largest absolute Gasteiger partial charge is 0.379 e. The summed E-state index contributed by atoms with van der Waals surface area (Å²) in [6, 6.07) is 1.31. The minimum Gasteiger partial charge on any atom is -0.379 e. The molecule has 1 atom stereocenters. The van der Waals surface area contributed by atoms with Crippen LogP contribution in [0.1, 0.15) is 32.6 Å². The highest BCUT2D eigenvalue weighted by Crippen LogP contribution is 2.16. The molecule has 0 aromatic carbocycles. The molecule has 2 amide bonds. The summed E-state index contributed by atoms with van der Waals surface area (Å²) in [6.45, 7) is 10.9. The number of likely N-dealkylation sites (tertiary alicyclic amines) is 2. The number of carbonyl (C=O) groups excluding carboxylic acids is 1. The lowest BCUT2D eigenvalue weighted by atomic mass is 10.0. The van der Waals surface area contributed by atoms with Crippen LogP contribution in [0.15, 0.2) is 0 Å². The highest BCUT2D eigenvalue weighted by atomic mass is 16.5. The first-order valence-electron chi connectivity index (χ1n) is 9.32. The lowest BCUT2D eigenvalue weighted by molar-refractivity contribution is 0.0333. The molecule has 0 aliphatic carbocycles. The van der Waals surface area contributed by atoms with Crippen molar-refractivity contribution >= 4 is 6.03 Å². The Morgan fingerprint density at radius 1 is 1.04 bits per heavy atom. The summed E-state index contributed by atoms with van der Waals surface area (Å²) in [5, 5.41) is 3.76. The molecule has 0 aromatic rings. The van der Waals surface area contributed by atoms with E-state index >= 15 is 0 Å². The summed E-state index contributed by atoms with van der Waals surface area (Å²) in [4.78, 5) is 19.0. The van der Waals surface area contributed by atoms with Crippen LogP contribution >= 0.6 is 0 Å². The second-order valence-corrected chi connectivity index (χ2v) is 7.22. The number of amides is 2. The molecular formula is C17H32N4O2. The van der Waals surface area contributed by atoms with E-state index in [2.05, 4.69) is 22.0 Å². The molecule has 3 heterocycles. The van der Waals surface area contributed by atoms with Crippen LogP contribution < -0.4 is 5.32 Å². The van der Waals surface area contributed by atoms with Gasteiger partial charge in [0, 0.05) is 57.9 Å². The normalized spacial score (nSPS) is 25.8. The smallest absolute Gasteiger partial charge is 0.319 e. The zero-order chi connectivity index (χ0) is 16.1. The van der Waals surface area contributed by atoms with Gasteiger partial charge in [-0.05, 0) is 32.6 Å². The first kappa shape index (κ1) is 17.0. The molecule has 0 aromatic heterocycles. The molecule has 0 unspecified atom stereocenters. The Morgan fingerprint density at radius 2 is 1.65 bits per heavy atom. The van der Waals surface area contributed by atoms with Crippen LogP contribution in [0.4, 0.5) is 4.79 Å². The van der Waals surface area contributed by atoms with Crippen molar-refractivity contribution in [3.63, 3.8) is 0 Å². The number of nitrogens with zero attached hydrogens (tertiary/aromatic N) is 3. The summed E-state index contributed by atoms with van der Waals surface area (Å²) in [5.74, 6) is 0. The van der Waals surface area contributed by atoms with E-state index in [1.165, 1.54) is 12.8 Å². The molecular weight excluding hydrogens is 292 g/mol. The number of nitrogens with one attached hydrogen (secondary N) is 1. The van der Waals surface area contributed by atoms with Gasteiger partial charge in [0.25, 0.3) is 0 Å². The third-order valence-electron chi connectivity index (χ3n) is 5.30. The molecule has 3 fully saturated rings. The Morgan fingerprint density at radius 3 is 2.30 bits per heavy atom. The Balaban J connectivity index is 1.35. The maximum absolute atomic E-state index is 12.4. The summed E-state index contributed by atoms with van der Waals surface area (Å²) in [6.07, 6.45) is 4.49. The Bertz CT molecular complexity index is 373. The zero-order valence-corrected chi connectivity index (χ0v) is 14.5. The second kappa shape index (κ2) is 8.31. The highest BCUT2D eigenvalue weighted by molar-refractivity contribution is 5.74. The number of urea groups is 1. The highest BCUT2D eigenvalue weighted by Gasteiger charge is 2.28. The second-order valence-electron chi connectivity index (χ2n) is 7.22.